The molecule has 0 bridgehead atoms. The molecule has 0 aliphatic heterocycles. The Labute approximate surface area is 114 Å². The summed E-state index contributed by atoms with van der Waals surface area (Å²) in [6, 6.07) is 4.38. The molecule has 4 nitrogen and oxygen atoms in total. The lowest BCUT2D eigenvalue weighted by molar-refractivity contribution is 0.631. The van der Waals surface area contributed by atoms with E-state index in [0.29, 0.717) is 0 Å². The summed E-state index contributed by atoms with van der Waals surface area (Å²) in [6.45, 7) is 10.3. The monoisotopic (exact) mass is 258 g/mol. The van der Waals surface area contributed by atoms with Crippen LogP contribution in [0.5, 0.6) is 0 Å². The SMILES string of the molecule is CCCNCc1ncnn1-c1c(C)cc(C)cc1C. The van der Waals surface area contributed by atoms with Gasteiger partial charge in [-0.2, -0.15) is 5.10 Å². The molecule has 0 amide bonds. The lowest BCUT2D eigenvalue weighted by Crippen LogP contribution is -2.18. The van der Waals surface area contributed by atoms with Crippen LogP contribution in [0.1, 0.15) is 35.9 Å². The van der Waals surface area contributed by atoms with Gasteiger partial charge in [0.25, 0.3) is 0 Å². The zero-order valence-electron chi connectivity index (χ0n) is 12.2. The normalized spacial score (nSPS) is 10.9. The number of benzene rings is 1. The van der Waals surface area contributed by atoms with Crippen LogP contribution in [0.4, 0.5) is 0 Å². The van der Waals surface area contributed by atoms with Crippen molar-refractivity contribution in [3.05, 3.63) is 41.0 Å². The Kier molecular flexibility index (Phi) is 4.32. The number of nitrogens with zero attached hydrogens (tertiary/aromatic N) is 3. The second-order valence-corrected chi connectivity index (χ2v) is 5.01. The van der Waals surface area contributed by atoms with Gasteiger partial charge >= 0.3 is 0 Å². The summed E-state index contributed by atoms with van der Waals surface area (Å²) in [5.41, 5.74) is 4.90. The van der Waals surface area contributed by atoms with Gasteiger partial charge in [0.15, 0.2) is 0 Å². The summed E-state index contributed by atoms with van der Waals surface area (Å²) >= 11 is 0. The molecule has 19 heavy (non-hydrogen) atoms. The Morgan fingerprint density at radius 3 is 2.47 bits per heavy atom. The fourth-order valence-electron chi connectivity index (χ4n) is 2.46. The van der Waals surface area contributed by atoms with E-state index in [1.807, 2.05) is 4.68 Å². The van der Waals surface area contributed by atoms with Gasteiger partial charge in [-0.3, -0.25) is 0 Å². The van der Waals surface area contributed by atoms with E-state index in [-0.39, 0.29) is 0 Å². The minimum Gasteiger partial charge on any atom is -0.310 e. The third-order valence-corrected chi connectivity index (χ3v) is 3.18. The molecule has 1 aromatic carbocycles. The molecule has 0 fully saturated rings. The summed E-state index contributed by atoms with van der Waals surface area (Å²) < 4.78 is 1.95. The minimum absolute atomic E-state index is 0.751. The van der Waals surface area contributed by atoms with E-state index >= 15 is 0 Å². The van der Waals surface area contributed by atoms with Gasteiger partial charge in [0, 0.05) is 0 Å². The summed E-state index contributed by atoms with van der Waals surface area (Å²) in [4.78, 5) is 4.36. The highest BCUT2D eigenvalue weighted by molar-refractivity contribution is 5.49. The summed E-state index contributed by atoms with van der Waals surface area (Å²) in [5.74, 6) is 0.962. The van der Waals surface area contributed by atoms with Crippen molar-refractivity contribution in [2.45, 2.75) is 40.7 Å². The molecule has 1 N–H and O–H groups in total. The molecule has 0 radical (unpaired) electrons. The number of aryl methyl sites for hydroxylation is 3. The first kappa shape index (κ1) is 13.7. The first-order valence-electron chi connectivity index (χ1n) is 6.81. The first-order chi connectivity index (χ1) is 9.13. The summed E-state index contributed by atoms with van der Waals surface area (Å²) in [7, 11) is 0. The summed E-state index contributed by atoms with van der Waals surface area (Å²) in [5, 5.41) is 7.76. The molecule has 0 spiro atoms. The Bertz CT molecular complexity index is 534. The van der Waals surface area contributed by atoms with Crippen LogP contribution in [0.3, 0.4) is 0 Å². The van der Waals surface area contributed by atoms with Gasteiger partial charge in [0.1, 0.15) is 12.2 Å². The molecular weight excluding hydrogens is 236 g/mol. The van der Waals surface area contributed by atoms with E-state index < -0.39 is 0 Å². The van der Waals surface area contributed by atoms with E-state index in [0.717, 1.165) is 31.0 Å². The van der Waals surface area contributed by atoms with Gasteiger partial charge in [-0.1, -0.05) is 24.6 Å². The molecule has 4 heteroatoms. The van der Waals surface area contributed by atoms with E-state index in [2.05, 4.69) is 55.2 Å². The highest BCUT2D eigenvalue weighted by atomic mass is 15.3. The second-order valence-electron chi connectivity index (χ2n) is 5.01. The number of rotatable bonds is 5. The van der Waals surface area contributed by atoms with Gasteiger partial charge < -0.3 is 5.32 Å². The molecule has 0 aliphatic carbocycles. The van der Waals surface area contributed by atoms with Crippen molar-refractivity contribution < 1.29 is 0 Å². The van der Waals surface area contributed by atoms with E-state index in [4.69, 9.17) is 0 Å². The first-order valence-corrected chi connectivity index (χ1v) is 6.81. The Balaban J connectivity index is 2.35. The van der Waals surface area contributed by atoms with Crippen LogP contribution < -0.4 is 5.32 Å². The Morgan fingerprint density at radius 1 is 1.16 bits per heavy atom. The van der Waals surface area contributed by atoms with Crippen molar-refractivity contribution in [1.82, 2.24) is 20.1 Å². The molecule has 0 saturated heterocycles. The fraction of sp³-hybridized carbons (Fsp3) is 0.467. The van der Waals surface area contributed by atoms with Gasteiger partial charge in [-0.15, -0.1) is 0 Å². The lowest BCUT2D eigenvalue weighted by Gasteiger charge is -2.13. The molecule has 2 aromatic rings. The highest BCUT2D eigenvalue weighted by Crippen LogP contribution is 2.21. The average molecular weight is 258 g/mol. The molecule has 1 heterocycles. The van der Waals surface area contributed by atoms with Crippen molar-refractivity contribution in [2.75, 3.05) is 6.54 Å². The molecular formula is C15H22N4. The molecule has 0 saturated carbocycles. The minimum atomic E-state index is 0.751. The van der Waals surface area contributed by atoms with Crippen molar-refractivity contribution >= 4 is 0 Å². The highest BCUT2D eigenvalue weighted by Gasteiger charge is 2.11. The number of hydrogen-bond donors (Lipinski definition) is 1. The zero-order valence-corrected chi connectivity index (χ0v) is 12.2. The standard InChI is InChI=1S/C15H22N4/c1-5-6-16-9-14-17-10-18-19(14)15-12(3)7-11(2)8-13(15)4/h7-8,10,16H,5-6,9H2,1-4H3. The molecule has 1 aromatic heterocycles. The zero-order chi connectivity index (χ0) is 13.8. The van der Waals surface area contributed by atoms with Crippen LogP contribution in [0.2, 0.25) is 0 Å². The van der Waals surface area contributed by atoms with Gasteiger partial charge in [0.2, 0.25) is 0 Å². The van der Waals surface area contributed by atoms with Gasteiger partial charge in [-0.05, 0) is 44.9 Å². The summed E-state index contributed by atoms with van der Waals surface area (Å²) in [6.07, 6.45) is 2.75. The lowest BCUT2D eigenvalue weighted by atomic mass is 10.1. The van der Waals surface area contributed by atoms with Crippen LogP contribution in [0.15, 0.2) is 18.5 Å². The molecule has 2 rings (SSSR count). The van der Waals surface area contributed by atoms with Crippen LogP contribution in [0, 0.1) is 20.8 Å². The van der Waals surface area contributed by atoms with Crippen molar-refractivity contribution in [1.29, 1.82) is 0 Å². The predicted molar refractivity (Wildman–Crippen MR) is 77.6 cm³/mol. The topological polar surface area (TPSA) is 42.7 Å². The van der Waals surface area contributed by atoms with Gasteiger partial charge in [-0.25, -0.2) is 9.67 Å². The van der Waals surface area contributed by atoms with Crippen LogP contribution in [-0.4, -0.2) is 21.3 Å². The van der Waals surface area contributed by atoms with E-state index in [9.17, 15) is 0 Å². The van der Waals surface area contributed by atoms with Crippen LogP contribution >= 0.6 is 0 Å². The Hall–Kier alpha value is -1.68. The maximum atomic E-state index is 4.38. The number of aromatic nitrogens is 3. The quantitative estimate of drug-likeness (QED) is 0.838. The van der Waals surface area contributed by atoms with Crippen molar-refractivity contribution in [3.63, 3.8) is 0 Å². The maximum absolute atomic E-state index is 4.38. The smallest absolute Gasteiger partial charge is 0.146 e. The van der Waals surface area contributed by atoms with Crippen LogP contribution in [-0.2, 0) is 6.54 Å². The van der Waals surface area contributed by atoms with E-state index in [1.54, 1.807) is 6.33 Å². The largest absolute Gasteiger partial charge is 0.310 e. The molecule has 0 atom stereocenters. The predicted octanol–water partition coefficient (Wildman–Crippen LogP) is 2.69. The van der Waals surface area contributed by atoms with Crippen molar-refractivity contribution in [2.24, 2.45) is 0 Å². The van der Waals surface area contributed by atoms with E-state index in [1.165, 1.54) is 16.7 Å². The van der Waals surface area contributed by atoms with Crippen molar-refractivity contribution in [3.8, 4) is 5.69 Å². The van der Waals surface area contributed by atoms with Crippen LogP contribution in [0.25, 0.3) is 5.69 Å². The second kappa shape index (κ2) is 5.97. The number of nitrogens with one attached hydrogen (secondary N) is 1. The molecule has 102 valence electrons. The molecule has 0 aliphatic rings. The molecule has 0 unspecified atom stereocenters. The van der Waals surface area contributed by atoms with Gasteiger partial charge in [0.05, 0.1) is 12.2 Å². The third-order valence-electron chi connectivity index (χ3n) is 3.18. The Morgan fingerprint density at radius 2 is 1.84 bits per heavy atom. The third kappa shape index (κ3) is 3.01. The fourth-order valence-corrected chi connectivity index (χ4v) is 2.46. The maximum Gasteiger partial charge on any atom is 0.146 e. The number of hydrogen-bond acceptors (Lipinski definition) is 3. The average Bonchev–Trinajstić information content (AvgIpc) is 2.76.